The van der Waals surface area contributed by atoms with Crippen molar-refractivity contribution in [3.63, 3.8) is 0 Å². The van der Waals surface area contributed by atoms with E-state index in [9.17, 15) is 4.79 Å². The molecule has 0 aromatic rings. The summed E-state index contributed by atoms with van der Waals surface area (Å²) in [6, 6.07) is -0.103. The Labute approximate surface area is 77.2 Å². The molecule has 1 aliphatic heterocycles. The third kappa shape index (κ3) is 3.03. The molecule has 1 rings (SSSR count). The highest BCUT2D eigenvalue weighted by Gasteiger charge is 2.27. The van der Waals surface area contributed by atoms with E-state index in [1.54, 1.807) is 11.8 Å². The monoisotopic (exact) mass is 189 g/mol. The van der Waals surface area contributed by atoms with Gasteiger partial charge in [-0.05, 0) is 20.8 Å². The van der Waals surface area contributed by atoms with Crippen LogP contribution < -0.4 is 5.32 Å². The molecule has 1 unspecified atom stereocenters. The Morgan fingerprint density at radius 2 is 2.25 bits per heavy atom. The van der Waals surface area contributed by atoms with E-state index in [2.05, 4.69) is 5.32 Å². The van der Waals surface area contributed by atoms with Crippen molar-refractivity contribution in [2.24, 2.45) is 0 Å². The molecule has 0 amide bonds. The highest BCUT2D eigenvalue weighted by atomic mass is 32.2. The SMILES string of the molecule is CC(C)(C)OC(=O)C1CSCN1. The normalized spacial score (nSPS) is 24.1. The highest BCUT2D eigenvalue weighted by molar-refractivity contribution is 7.99. The number of esters is 1. The number of carbonyl (C=O) groups is 1. The van der Waals surface area contributed by atoms with Crippen LogP contribution in [0.2, 0.25) is 0 Å². The summed E-state index contributed by atoms with van der Waals surface area (Å²) in [5.41, 5.74) is -0.369. The van der Waals surface area contributed by atoms with E-state index >= 15 is 0 Å². The molecule has 1 saturated heterocycles. The van der Waals surface area contributed by atoms with Crippen molar-refractivity contribution < 1.29 is 9.53 Å². The van der Waals surface area contributed by atoms with Crippen LogP contribution in [0.15, 0.2) is 0 Å². The second-order valence-electron chi connectivity index (χ2n) is 3.81. The standard InChI is InChI=1S/C8H15NO2S/c1-8(2,3)11-7(10)6-4-12-5-9-6/h6,9H,4-5H2,1-3H3. The van der Waals surface area contributed by atoms with E-state index in [1.165, 1.54) is 0 Å². The molecule has 1 aliphatic rings. The van der Waals surface area contributed by atoms with E-state index in [1.807, 2.05) is 20.8 Å². The molecule has 0 aromatic carbocycles. The summed E-state index contributed by atoms with van der Waals surface area (Å²) in [5.74, 6) is 1.55. The van der Waals surface area contributed by atoms with Crippen molar-refractivity contribution in [2.45, 2.75) is 32.4 Å². The van der Waals surface area contributed by atoms with Crippen LogP contribution in [-0.4, -0.2) is 29.2 Å². The second-order valence-corrected chi connectivity index (χ2v) is 4.84. The van der Waals surface area contributed by atoms with Crippen molar-refractivity contribution in [3.05, 3.63) is 0 Å². The lowest BCUT2D eigenvalue weighted by atomic mass is 10.2. The quantitative estimate of drug-likeness (QED) is 0.624. The van der Waals surface area contributed by atoms with E-state index in [0.29, 0.717) is 0 Å². The Morgan fingerprint density at radius 3 is 2.67 bits per heavy atom. The summed E-state index contributed by atoms with van der Waals surface area (Å²) in [7, 11) is 0. The minimum atomic E-state index is -0.369. The molecule has 4 heteroatoms. The lowest BCUT2D eigenvalue weighted by Gasteiger charge is -2.21. The third-order valence-corrected chi connectivity index (χ3v) is 2.35. The van der Waals surface area contributed by atoms with Gasteiger partial charge in [-0.1, -0.05) is 0 Å². The van der Waals surface area contributed by atoms with Crippen LogP contribution in [0.4, 0.5) is 0 Å². The largest absolute Gasteiger partial charge is 0.459 e. The molecule has 1 N–H and O–H groups in total. The van der Waals surface area contributed by atoms with Crippen LogP contribution in [0.1, 0.15) is 20.8 Å². The highest BCUT2D eigenvalue weighted by Crippen LogP contribution is 2.14. The smallest absolute Gasteiger partial charge is 0.324 e. The first-order chi connectivity index (χ1) is 5.49. The fraction of sp³-hybridized carbons (Fsp3) is 0.875. The maximum Gasteiger partial charge on any atom is 0.324 e. The number of carbonyl (C=O) groups excluding carboxylic acids is 1. The number of hydrogen-bond donors (Lipinski definition) is 1. The van der Waals surface area contributed by atoms with Gasteiger partial charge in [0.15, 0.2) is 0 Å². The molecule has 1 heterocycles. The minimum Gasteiger partial charge on any atom is -0.459 e. The molecule has 3 nitrogen and oxygen atoms in total. The Bertz CT molecular complexity index is 170. The minimum absolute atomic E-state index is 0.103. The number of rotatable bonds is 1. The number of nitrogens with one attached hydrogen (secondary N) is 1. The first kappa shape index (κ1) is 9.86. The van der Waals surface area contributed by atoms with Gasteiger partial charge in [-0.3, -0.25) is 10.1 Å². The Kier molecular flexibility index (Phi) is 3.01. The second kappa shape index (κ2) is 3.66. The Morgan fingerprint density at radius 1 is 1.58 bits per heavy atom. The van der Waals surface area contributed by atoms with Crippen molar-refractivity contribution in [1.82, 2.24) is 5.32 Å². The number of ether oxygens (including phenoxy) is 1. The fourth-order valence-electron chi connectivity index (χ4n) is 0.920. The van der Waals surface area contributed by atoms with Gasteiger partial charge in [-0.25, -0.2) is 0 Å². The molecule has 0 aromatic heterocycles. The molecular weight excluding hydrogens is 174 g/mol. The van der Waals surface area contributed by atoms with Crippen LogP contribution in [0.3, 0.4) is 0 Å². The van der Waals surface area contributed by atoms with Crippen molar-refractivity contribution in [2.75, 3.05) is 11.6 Å². The maximum absolute atomic E-state index is 11.4. The molecule has 0 aliphatic carbocycles. The summed E-state index contributed by atoms with van der Waals surface area (Å²) >= 11 is 1.72. The topological polar surface area (TPSA) is 38.3 Å². The number of thioether (sulfide) groups is 1. The van der Waals surface area contributed by atoms with E-state index < -0.39 is 0 Å². The van der Waals surface area contributed by atoms with E-state index in [-0.39, 0.29) is 17.6 Å². The van der Waals surface area contributed by atoms with E-state index in [4.69, 9.17) is 4.74 Å². The van der Waals surface area contributed by atoms with E-state index in [0.717, 1.165) is 11.6 Å². The molecular formula is C8H15NO2S. The fourth-order valence-corrected chi connectivity index (χ4v) is 1.85. The molecule has 12 heavy (non-hydrogen) atoms. The summed E-state index contributed by atoms with van der Waals surface area (Å²) in [5, 5.41) is 3.07. The summed E-state index contributed by atoms with van der Waals surface area (Å²) in [6.07, 6.45) is 0. The average Bonchev–Trinajstić information content (AvgIpc) is 2.32. The lowest BCUT2D eigenvalue weighted by molar-refractivity contribution is -0.156. The van der Waals surface area contributed by atoms with Crippen molar-refractivity contribution in [3.8, 4) is 0 Å². The summed E-state index contributed by atoms with van der Waals surface area (Å²) < 4.78 is 5.21. The Hall–Kier alpha value is -0.220. The maximum atomic E-state index is 11.4. The zero-order valence-electron chi connectivity index (χ0n) is 7.72. The molecule has 1 fully saturated rings. The first-order valence-corrected chi connectivity index (χ1v) is 5.18. The van der Waals surface area contributed by atoms with Gasteiger partial charge in [0.25, 0.3) is 0 Å². The van der Waals surface area contributed by atoms with Crippen molar-refractivity contribution >= 4 is 17.7 Å². The predicted octanol–water partition coefficient (Wildman–Crippen LogP) is 0.991. The van der Waals surface area contributed by atoms with Gasteiger partial charge in [0.1, 0.15) is 11.6 Å². The molecule has 70 valence electrons. The van der Waals surface area contributed by atoms with Crippen LogP contribution >= 0.6 is 11.8 Å². The third-order valence-electron chi connectivity index (χ3n) is 1.41. The molecule has 0 spiro atoms. The number of hydrogen-bond acceptors (Lipinski definition) is 4. The molecule has 1 atom stereocenters. The van der Waals surface area contributed by atoms with Crippen LogP contribution in [0.5, 0.6) is 0 Å². The van der Waals surface area contributed by atoms with Crippen LogP contribution in [0.25, 0.3) is 0 Å². The lowest BCUT2D eigenvalue weighted by Crippen LogP contribution is -2.38. The van der Waals surface area contributed by atoms with Gasteiger partial charge >= 0.3 is 5.97 Å². The molecule has 0 radical (unpaired) electrons. The van der Waals surface area contributed by atoms with Gasteiger partial charge in [-0.15, -0.1) is 11.8 Å². The molecule has 0 bridgehead atoms. The van der Waals surface area contributed by atoms with Gasteiger partial charge in [0, 0.05) is 11.6 Å². The summed E-state index contributed by atoms with van der Waals surface area (Å²) in [4.78, 5) is 11.4. The van der Waals surface area contributed by atoms with Gasteiger partial charge in [0.2, 0.25) is 0 Å². The van der Waals surface area contributed by atoms with Crippen molar-refractivity contribution in [1.29, 1.82) is 0 Å². The van der Waals surface area contributed by atoms with Crippen LogP contribution in [-0.2, 0) is 9.53 Å². The summed E-state index contributed by atoms with van der Waals surface area (Å²) in [6.45, 7) is 5.65. The zero-order chi connectivity index (χ0) is 9.19. The predicted molar refractivity (Wildman–Crippen MR) is 50.1 cm³/mol. The van der Waals surface area contributed by atoms with Gasteiger partial charge in [0.05, 0.1) is 0 Å². The Balaban J connectivity index is 2.37. The van der Waals surface area contributed by atoms with Gasteiger partial charge in [-0.2, -0.15) is 0 Å². The molecule has 0 saturated carbocycles. The zero-order valence-corrected chi connectivity index (χ0v) is 8.53. The average molecular weight is 189 g/mol. The first-order valence-electron chi connectivity index (χ1n) is 4.03. The van der Waals surface area contributed by atoms with Gasteiger partial charge < -0.3 is 4.74 Å². The van der Waals surface area contributed by atoms with Crippen LogP contribution in [0, 0.1) is 0 Å².